The van der Waals surface area contributed by atoms with Crippen LogP contribution in [0.2, 0.25) is 0 Å². The van der Waals surface area contributed by atoms with Gasteiger partial charge < -0.3 is 0 Å². The Bertz CT molecular complexity index is 86.7. The normalized spacial score (nSPS) is 28.3. The molecule has 0 amide bonds. The van der Waals surface area contributed by atoms with E-state index >= 15 is 0 Å². The molecule has 0 unspecified atom stereocenters. The lowest BCUT2D eigenvalue weighted by Gasteiger charge is -2.31. The molecule has 0 aromatic carbocycles. The van der Waals surface area contributed by atoms with E-state index in [0.717, 1.165) is 3.92 Å². The summed E-state index contributed by atoms with van der Waals surface area (Å²) in [6, 6.07) is 0. The summed E-state index contributed by atoms with van der Waals surface area (Å²) in [5, 5.41) is 0. The summed E-state index contributed by atoms with van der Waals surface area (Å²) in [6.45, 7) is 4.77. The van der Waals surface area contributed by atoms with E-state index in [0.29, 0.717) is 5.41 Å². The van der Waals surface area contributed by atoms with Crippen molar-refractivity contribution < 1.29 is 0 Å². The first-order chi connectivity index (χ1) is 4.10. The van der Waals surface area contributed by atoms with Crippen molar-refractivity contribution in [1.82, 2.24) is 0 Å². The van der Waals surface area contributed by atoms with Gasteiger partial charge in [0.2, 0.25) is 0 Å². The van der Waals surface area contributed by atoms with E-state index in [1.165, 1.54) is 25.7 Å². The average molecular weight is 238 g/mol. The number of rotatable bonds is 0. The van der Waals surface area contributed by atoms with Gasteiger partial charge in [0.15, 0.2) is 0 Å². The van der Waals surface area contributed by atoms with Gasteiger partial charge in [-0.2, -0.15) is 0 Å². The minimum absolute atomic E-state index is 0.654. The predicted molar refractivity (Wildman–Crippen MR) is 50.1 cm³/mol. The van der Waals surface area contributed by atoms with Crippen LogP contribution in [0.15, 0.2) is 0 Å². The van der Waals surface area contributed by atoms with Crippen LogP contribution >= 0.6 is 22.6 Å². The third-order valence-corrected chi connectivity index (χ3v) is 3.51. The molecule has 1 heteroatoms. The van der Waals surface area contributed by atoms with Gasteiger partial charge in [-0.25, -0.2) is 0 Å². The molecule has 0 nitrogen and oxygen atoms in total. The van der Waals surface area contributed by atoms with Crippen LogP contribution in [0, 0.1) is 5.41 Å². The molecule has 0 aliphatic heterocycles. The van der Waals surface area contributed by atoms with Crippen LogP contribution < -0.4 is 0 Å². The van der Waals surface area contributed by atoms with Gasteiger partial charge in [-0.1, -0.05) is 36.4 Å². The van der Waals surface area contributed by atoms with Crippen molar-refractivity contribution in [2.45, 2.75) is 43.5 Å². The lowest BCUT2D eigenvalue weighted by Crippen LogP contribution is -2.20. The van der Waals surface area contributed by atoms with Gasteiger partial charge in [0.25, 0.3) is 0 Å². The lowest BCUT2D eigenvalue weighted by molar-refractivity contribution is 0.253. The van der Waals surface area contributed by atoms with E-state index < -0.39 is 0 Å². The number of hydrogen-bond acceptors (Lipinski definition) is 0. The molecular weight excluding hydrogens is 223 g/mol. The summed E-state index contributed by atoms with van der Waals surface area (Å²) in [7, 11) is 0. The quantitative estimate of drug-likeness (QED) is 0.448. The van der Waals surface area contributed by atoms with Gasteiger partial charge in [-0.05, 0) is 31.1 Å². The minimum Gasteiger partial charge on any atom is -0.0826 e. The third-order valence-electron chi connectivity index (χ3n) is 2.27. The molecule has 1 rings (SSSR count). The molecule has 0 saturated heterocycles. The SMILES string of the molecule is CC1(C)CCC(I)CC1. The molecule has 0 radical (unpaired) electrons. The highest BCUT2D eigenvalue weighted by Crippen LogP contribution is 2.37. The van der Waals surface area contributed by atoms with Crippen molar-refractivity contribution in [2.75, 3.05) is 0 Å². The fourth-order valence-corrected chi connectivity index (χ4v) is 1.99. The van der Waals surface area contributed by atoms with E-state index in [9.17, 15) is 0 Å². The third kappa shape index (κ3) is 2.44. The molecule has 9 heavy (non-hydrogen) atoms. The monoisotopic (exact) mass is 238 g/mol. The van der Waals surface area contributed by atoms with Gasteiger partial charge in [0.05, 0.1) is 0 Å². The Balaban J connectivity index is 2.35. The largest absolute Gasteiger partial charge is 0.0826 e. The summed E-state index contributed by atoms with van der Waals surface area (Å²) < 4.78 is 0.968. The maximum Gasteiger partial charge on any atom is 0.0110 e. The van der Waals surface area contributed by atoms with Crippen LogP contribution in [0.25, 0.3) is 0 Å². The zero-order chi connectivity index (χ0) is 6.91. The van der Waals surface area contributed by atoms with Crippen LogP contribution in [-0.2, 0) is 0 Å². The van der Waals surface area contributed by atoms with E-state index in [1.54, 1.807) is 0 Å². The molecule has 0 N–H and O–H groups in total. The zero-order valence-corrected chi connectivity index (χ0v) is 8.44. The summed E-state index contributed by atoms with van der Waals surface area (Å²) in [5.74, 6) is 0. The summed E-state index contributed by atoms with van der Waals surface area (Å²) in [6.07, 6.45) is 5.74. The molecule has 1 saturated carbocycles. The van der Waals surface area contributed by atoms with Crippen LogP contribution in [0.1, 0.15) is 39.5 Å². The zero-order valence-electron chi connectivity index (χ0n) is 6.28. The Morgan fingerprint density at radius 3 is 2.00 bits per heavy atom. The van der Waals surface area contributed by atoms with Crippen molar-refractivity contribution in [3.05, 3.63) is 0 Å². The predicted octanol–water partition coefficient (Wildman–Crippen LogP) is 3.39. The first-order valence-corrected chi connectivity index (χ1v) is 4.99. The molecule has 1 fully saturated rings. The molecule has 1 aliphatic rings. The summed E-state index contributed by atoms with van der Waals surface area (Å²) in [5.41, 5.74) is 0.654. The first kappa shape index (κ1) is 7.83. The number of alkyl halides is 1. The second-order valence-electron chi connectivity index (χ2n) is 3.84. The van der Waals surface area contributed by atoms with Crippen LogP contribution in [0.5, 0.6) is 0 Å². The minimum atomic E-state index is 0.654. The molecular formula is C8H15I. The topological polar surface area (TPSA) is 0 Å². The van der Waals surface area contributed by atoms with E-state index in [-0.39, 0.29) is 0 Å². The second-order valence-corrected chi connectivity index (χ2v) is 5.60. The first-order valence-electron chi connectivity index (χ1n) is 3.74. The van der Waals surface area contributed by atoms with Gasteiger partial charge in [-0.3, -0.25) is 0 Å². The van der Waals surface area contributed by atoms with Gasteiger partial charge >= 0.3 is 0 Å². The number of halogens is 1. The highest BCUT2D eigenvalue weighted by molar-refractivity contribution is 14.1. The van der Waals surface area contributed by atoms with Gasteiger partial charge in [0.1, 0.15) is 0 Å². The van der Waals surface area contributed by atoms with Crippen LogP contribution in [-0.4, -0.2) is 3.92 Å². The summed E-state index contributed by atoms with van der Waals surface area (Å²) in [4.78, 5) is 0. The molecule has 0 aromatic rings. The van der Waals surface area contributed by atoms with E-state index in [4.69, 9.17) is 0 Å². The fourth-order valence-electron chi connectivity index (χ4n) is 1.36. The maximum absolute atomic E-state index is 2.57. The highest BCUT2D eigenvalue weighted by atomic mass is 127. The van der Waals surface area contributed by atoms with Crippen molar-refractivity contribution in [3.8, 4) is 0 Å². The Morgan fingerprint density at radius 1 is 1.22 bits per heavy atom. The Hall–Kier alpha value is 0.730. The Kier molecular flexibility index (Phi) is 2.41. The van der Waals surface area contributed by atoms with Gasteiger partial charge in [0, 0.05) is 3.92 Å². The maximum atomic E-state index is 2.57. The van der Waals surface area contributed by atoms with Gasteiger partial charge in [-0.15, -0.1) is 0 Å². The van der Waals surface area contributed by atoms with Crippen molar-refractivity contribution in [1.29, 1.82) is 0 Å². The average Bonchev–Trinajstić information content (AvgIpc) is 1.78. The fraction of sp³-hybridized carbons (Fsp3) is 1.00. The molecule has 0 atom stereocenters. The molecule has 54 valence electrons. The smallest absolute Gasteiger partial charge is 0.0110 e. The molecule has 0 spiro atoms. The number of hydrogen-bond donors (Lipinski definition) is 0. The van der Waals surface area contributed by atoms with E-state index in [1.807, 2.05) is 0 Å². The van der Waals surface area contributed by atoms with Crippen molar-refractivity contribution in [2.24, 2.45) is 5.41 Å². The van der Waals surface area contributed by atoms with E-state index in [2.05, 4.69) is 36.4 Å². The molecule has 0 heterocycles. The molecule has 0 aromatic heterocycles. The van der Waals surface area contributed by atoms with Crippen LogP contribution in [0.4, 0.5) is 0 Å². The highest BCUT2D eigenvalue weighted by Gasteiger charge is 2.24. The van der Waals surface area contributed by atoms with Crippen molar-refractivity contribution >= 4 is 22.6 Å². The standard InChI is InChI=1S/C8H15I/c1-8(2)5-3-7(9)4-6-8/h7H,3-6H2,1-2H3. The molecule has 0 bridgehead atoms. The molecule has 1 aliphatic carbocycles. The Morgan fingerprint density at radius 2 is 1.67 bits per heavy atom. The summed E-state index contributed by atoms with van der Waals surface area (Å²) >= 11 is 2.57. The van der Waals surface area contributed by atoms with Crippen LogP contribution in [0.3, 0.4) is 0 Å². The Labute approximate surface area is 71.5 Å². The lowest BCUT2D eigenvalue weighted by atomic mass is 9.78. The van der Waals surface area contributed by atoms with Crippen molar-refractivity contribution in [3.63, 3.8) is 0 Å². The second kappa shape index (κ2) is 2.77.